The van der Waals surface area contributed by atoms with Gasteiger partial charge >= 0.3 is 0 Å². The van der Waals surface area contributed by atoms with Crippen LogP contribution in [0.4, 0.5) is 0 Å². The predicted molar refractivity (Wildman–Crippen MR) is 34.2 cm³/mol. The average molecular weight is 130 g/mol. The molecule has 0 spiro atoms. The molecule has 0 saturated carbocycles. The summed E-state index contributed by atoms with van der Waals surface area (Å²) in [5, 5.41) is 7.42. The first kappa shape index (κ1) is 10.8. The fraction of sp³-hybridized carbons (Fsp3) is 0.333. The van der Waals surface area contributed by atoms with Crippen LogP contribution in [0.3, 0.4) is 0 Å². The van der Waals surface area contributed by atoms with Crippen LogP contribution in [0.15, 0.2) is 12.2 Å². The number of aliphatic carboxylic acids is 1. The smallest absolute Gasteiger partial charge is 0.300 e. The topological polar surface area (TPSA) is 54.4 Å². The molecule has 0 fully saturated rings. The molecule has 3 nitrogen and oxygen atoms in total. The van der Waals surface area contributed by atoms with Crippen molar-refractivity contribution in [3.8, 4) is 0 Å². The van der Waals surface area contributed by atoms with Gasteiger partial charge in [-0.2, -0.15) is 0 Å². The van der Waals surface area contributed by atoms with Gasteiger partial charge in [0.25, 0.3) is 5.97 Å². The van der Waals surface area contributed by atoms with E-state index in [0.717, 1.165) is 13.2 Å². The van der Waals surface area contributed by atoms with Gasteiger partial charge in [-0.1, -0.05) is 6.08 Å². The van der Waals surface area contributed by atoms with Gasteiger partial charge in [-0.3, -0.25) is 9.59 Å². The number of carbonyl (C=O) groups excluding carboxylic acids is 1. The van der Waals surface area contributed by atoms with E-state index >= 15 is 0 Å². The summed E-state index contributed by atoms with van der Waals surface area (Å²) in [5.41, 5.74) is 0. The van der Waals surface area contributed by atoms with Crippen molar-refractivity contribution in [3.63, 3.8) is 0 Å². The monoisotopic (exact) mass is 130 g/mol. The molecule has 3 heteroatoms. The predicted octanol–water partition coefficient (Wildman–Crippen LogP) is 0.852. The Labute approximate surface area is 54.0 Å². The van der Waals surface area contributed by atoms with Crippen LogP contribution in [-0.2, 0) is 9.59 Å². The SMILES string of the molecule is C/C=C/C=O.CC(=O)O. The van der Waals surface area contributed by atoms with Gasteiger partial charge in [-0.25, -0.2) is 0 Å². The van der Waals surface area contributed by atoms with Gasteiger partial charge < -0.3 is 5.11 Å². The van der Waals surface area contributed by atoms with Crippen LogP contribution in [0, 0.1) is 0 Å². The minimum absolute atomic E-state index is 0.750. The average Bonchev–Trinajstić information content (AvgIpc) is 1.66. The highest BCUT2D eigenvalue weighted by Gasteiger charge is 1.65. The minimum Gasteiger partial charge on any atom is -0.481 e. The van der Waals surface area contributed by atoms with E-state index in [4.69, 9.17) is 9.90 Å². The maximum Gasteiger partial charge on any atom is 0.300 e. The van der Waals surface area contributed by atoms with Gasteiger partial charge in [-0.15, -0.1) is 0 Å². The molecule has 0 amide bonds. The quantitative estimate of drug-likeness (QED) is 0.423. The first-order valence-corrected chi connectivity index (χ1v) is 2.41. The maximum atomic E-state index is 9.32. The minimum atomic E-state index is -0.833. The standard InChI is InChI=1S/C4H6O.C2H4O2/c1-2-3-4-5;1-2(3)4/h2-4H,1H3;1H3,(H,3,4)/b3-2+;. The van der Waals surface area contributed by atoms with Gasteiger partial charge in [0.2, 0.25) is 0 Å². The second-order valence-electron chi connectivity index (χ2n) is 1.18. The zero-order chi connectivity index (χ0) is 7.70. The Hall–Kier alpha value is -1.12. The fourth-order valence-electron chi connectivity index (χ4n) is 0.0786. The highest BCUT2D eigenvalue weighted by Crippen LogP contribution is 1.55. The summed E-state index contributed by atoms with van der Waals surface area (Å²) in [6, 6.07) is 0. The number of hydrogen-bond donors (Lipinski definition) is 1. The van der Waals surface area contributed by atoms with Crippen LogP contribution in [-0.4, -0.2) is 17.4 Å². The lowest BCUT2D eigenvalue weighted by Gasteiger charge is -1.59. The molecule has 0 aliphatic rings. The molecule has 0 bridgehead atoms. The van der Waals surface area contributed by atoms with E-state index in [-0.39, 0.29) is 0 Å². The summed E-state index contributed by atoms with van der Waals surface area (Å²) in [4.78, 5) is 18.3. The third kappa shape index (κ3) is 212. The molecule has 9 heavy (non-hydrogen) atoms. The molecule has 0 radical (unpaired) electrons. The summed E-state index contributed by atoms with van der Waals surface area (Å²) < 4.78 is 0. The van der Waals surface area contributed by atoms with E-state index < -0.39 is 5.97 Å². The molecule has 1 N–H and O–H groups in total. The summed E-state index contributed by atoms with van der Waals surface area (Å²) >= 11 is 0. The van der Waals surface area contributed by atoms with Crippen LogP contribution in [0.2, 0.25) is 0 Å². The molecule has 0 aromatic carbocycles. The van der Waals surface area contributed by atoms with Crippen molar-refractivity contribution < 1.29 is 14.7 Å². The van der Waals surface area contributed by atoms with Gasteiger partial charge in [0.05, 0.1) is 0 Å². The zero-order valence-corrected chi connectivity index (χ0v) is 5.50. The number of allylic oxidation sites excluding steroid dienone is 2. The Bertz CT molecular complexity index is 101. The van der Waals surface area contributed by atoms with Gasteiger partial charge in [0.1, 0.15) is 6.29 Å². The number of hydrogen-bond acceptors (Lipinski definition) is 2. The van der Waals surface area contributed by atoms with E-state index in [9.17, 15) is 4.79 Å². The van der Waals surface area contributed by atoms with Gasteiger partial charge in [-0.05, 0) is 13.0 Å². The molecule has 0 aromatic heterocycles. The number of carboxylic acids is 1. The normalized spacial score (nSPS) is 7.78. The maximum absolute atomic E-state index is 9.32. The molecule has 0 unspecified atom stereocenters. The molecule has 0 aliphatic heterocycles. The summed E-state index contributed by atoms with van der Waals surface area (Å²) in [6.07, 6.45) is 3.88. The van der Waals surface area contributed by atoms with Crippen LogP contribution in [0.5, 0.6) is 0 Å². The Balaban J connectivity index is 0. The number of carboxylic acid groups (broad SMARTS) is 1. The van der Waals surface area contributed by atoms with E-state index in [1.54, 1.807) is 13.0 Å². The molecule has 52 valence electrons. The number of rotatable bonds is 1. The highest BCUT2D eigenvalue weighted by molar-refractivity contribution is 5.64. The third-order valence-corrected chi connectivity index (χ3v) is 0.271. The largest absolute Gasteiger partial charge is 0.481 e. The van der Waals surface area contributed by atoms with Gasteiger partial charge in [0.15, 0.2) is 0 Å². The second kappa shape index (κ2) is 9.99. The summed E-state index contributed by atoms with van der Waals surface area (Å²) in [6.45, 7) is 2.88. The van der Waals surface area contributed by atoms with Crippen LogP contribution in [0.1, 0.15) is 13.8 Å². The molecular weight excluding hydrogens is 120 g/mol. The molecule has 0 atom stereocenters. The van der Waals surface area contributed by atoms with Crippen LogP contribution < -0.4 is 0 Å². The Morgan fingerprint density at radius 3 is 1.89 bits per heavy atom. The van der Waals surface area contributed by atoms with Crippen molar-refractivity contribution >= 4 is 12.3 Å². The fourth-order valence-corrected chi connectivity index (χ4v) is 0.0786. The molecule has 0 saturated heterocycles. The lowest BCUT2D eigenvalue weighted by Crippen LogP contribution is -1.78. The van der Waals surface area contributed by atoms with Crippen molar-refractivity contribution in [2.75, 3.05) is 0 Å². The van der Waals surface area contributed by atoms with E-state index in [2.05, 4.69) is 0 Å². The first-order valence-electron chi connectivity index (χ1n) is 2.41. The first-order chi connectivity index (χ1) is 4.15. The van der Waals surface area contributed by atoms with Crippen LogP contribution in [0.25, 0.3) is 0 Å². The Kier molecular flexibility index (Phi) is 12.0. The number of carbonyl (C=O) groups is 2. The summed E-state index contributed by atoms with van der Waals surface area (Å²) in [5.74, 6) is -0.833. The van der Waals surface area contributed by atoms with Crippen molar-refractivity contribution in [1.82, 2.24) is 0 Å². The second-order valence-corrected chi connectivity index (χ2v) is 1.18. The van der Waals surface area contributed by atoms with Gasteiger partial charge in [0, 0.05) is 6.92 Å². The number of aldehydes is 1. The molecule has 0 aromatic rings. The Morgan fingerprint density at radius 1 is 1.56 bits per heavy atom. The molecule has 0 rings (SSSR count). The van der Waals surface area contributed by atoms with Crippen LogP contribution >= 0.6 is 0 Å². The van der Waals surface area contributed by atoms with E-state index in [0.29, 0.717) is 0 Å². The molecular formula is C6H10O3. The lowest BCUT2D eigenvalue weighted by atomic mass is 10.6. The molecule has 0 aliphatic carbocycles. The van der Waals surface area contributed by atoms with Crippen molar-refractivity contribution in [2.24, 2.45) is 0 Å². The van der Waals surface area contributed by atoms with E-state index in [1.807, 2.05) is 0 Å². The van der Waals surface area contributed by atoms with Crippen molar-refractivity contribution in [1.29, 1.82) is 0 Å². The van der Waals surface area contributed by atoms with Crippen molar-refractivity contribution in [3.05, 3.63) is 12.2 Å². The van der Waals surface area contributed by atoms with Crippen molar-refractivity contribution in [2.45, 2.75) is 13.8 Å². The lowest BCUT2D eigenvalue weighted by molar-refractivity contribution is -0.134. The summed E-state index contributed by atoms with van der Waals surface area (Å²) in [7, 11) is 0. The van der Waals surface area contributed by atoms with E-state index in [1.165, 1.54) is 6.08 Å². The third-order valence-electron chi connectivity index (χ3n) is 0.271. The Morgan fingerprint density at radius 2 is 1.89 bits per heavy atom. The highest BCUT2D eigenvalue weighted by atomic mass is 16.4. The zero-order valence-electron chi connectivity index (χ0n) is 5.50. The molecule has 0 heterocycles.